The van der Waals surface area contributed by atoms with Crippen molar-refractivity contribution in [2.75, 3.05) is 23.7 Å². The quantitative estimate of drug-likeness (QED) is 0.744. The molecular weight excluding hydrogens is 303 g/mol. The fourth-order valence-corrected chi connectivity index (χ4v) is 2.09. The second-order valence-electron chi connectivity index (χ2n) is 3.98. The molecule has 0 fully saturated rings. The van der Waals surface area contributed by atoms with E-state index in [-0.39, 0.29) is 0 Å². The van der Waals surface area contributed by atoms with Crippen LogP contribution in [0.15, 0.2) is 42.5 Å². The first-order valence-corrected chi connectivity index (χ1v) is 6.97. The van der Waals surface area contributed by atoms with Crippen LogP contribution in [0.2, 0.25) is 15.1 Å². The molecule has 0 aliphatic carbocycles. The van der Waals surface area contributed by atoms with Gasteiger partial charge in [0.15, 0.2) is 0 Å². The molecule has 0 amide bonds. The summed E-state index contributed by atoms with van der Waals surface area (Å²) in [5.41, 5.74) is 1.87. The van der Waals surface area contributed by atoms with Gasteiger partial charge in [-0.2, -0.15) is 0 Å². The van der Waals surface area contributed by atoms with E-state index in [1.165, 1.54) is 0 Å². The molecule has 5 heteroatoms. The van der Waals surface area contributed by atoms with E-state index in [1.807, 2.05) is 30.3 Å². The molecule has 2 rings (SSSR count). The Labute approximate surface area is 127 Å². The van der Waals surface area contributed by atoms with E-state index in [9.17, 15) is 0 Å². The smallest absolute Gasteiger partial charge is 0.0638 e. The minimum absolute atomic E-state index is 0.663. The molecule has 2 aromatic carbocycles. The first-order chi connectivity index (χ1) is 9.15. The predicted octanol–water partition coefficient (Wildman–Crippen LogP) is 5.17. The van der Waals surface area contributed by atoms with E-state index in [4.69, 9.17) is 34.8 Å². The van der Waals surface area contributed by atoms with E-state index in [2.05, 4.69) is 10.6 Å². The van der Waals surface area contributed by atoms with E-state index >= 15 is 0 Å². The van der Waals surface area contributed by atoms with Crippen molar-refractivity contribution in [2.45, 2.75) is 0 Å². The molecule has 0 aromatic heterocycles. The Morgan fingerprint density at radius 2 is 1.37 bits per heavy atom. The normalized spacial score (nSPS) is 10.3. The van der Waals surface area contributed by atoms with Crippen LogP contribution in [-0.2, 0) is 0 Å². The zero-order valence-corrected chi connectivity index (χ0v) is 12.4. The average molecular weight is 316 g/mol. The Hall–Kier alpha value is -1.09. The van der Waals surface area contributed by atoms with Crippen molar-refractivity contribution < 1.29 is 0 Å². The van der Waals surface area contributed by atoms with Gasteiger partial charge < -0.3 is 10.6 Å². The van der Waals surface area contributed by atoms with Crippen molar-refractivity contribution in [3.63, 3.8) is 0 Å². The summed E-state index contributed by atoms with van der Waals surface area (Å²) in [4.78, 5) is 0. The summed E-state index contributed by atoms with van der Waals surface area (Å²) in [6.07, 6.45) is 0. The molecule has 0 saturated carbocycles. The Kier molecular flexibility index (Phi) is 5.20. The first-order valence-electron chi connectivity index (χ1n) is 5.83. The number of nitrogens with one attached hydrogen (secondary N) is 2. The van der Waals surface area contributed by atoms with Gasteiger partial charge in [0.05, 0.1) is 10.7 Å². The molecule has 0 saturated heterocycles. The van der Waals surface area contributed by atoms with E-state index < -0.39 is 0 Å². The number of rotatable bonds is 5. The molecule has 0 unspecified atom stereocenters. The van der Waals surface area contributed by atoms with Crippen molar-refractivity contribution >= 4 is 46.2 Å². The molecule has 2 nitrogen and oxygen atoms in total. The van der Waals surface area contributed by atoms with Gasteiger partial charge in [-0.05, 0) is 42.5 Å². The molecule has 0 aliphatic rings. The first kappa shape index (κ1) is 14.3. The van der Waals surface area contributed by atoms with Crippen LogP contribution >= 0.6 is 34.8 Å². The van der Waals surface area contributed by atoms with Crippen LogP contribution in [0.3, 0.4) is 0 Å². The van der Waals surface area contributed by atoms with Gasteiger partial charge in [-0.3, -0.25) is 0 Å². The van der Waals surface area contributed by atoms with Gasteiger partial charge in [0.25, 0.3) is 0 Å². The third kappa shape index (κ3) is 4.50. The van der Waals surface area contributed by atoms with E-state index in [0.717, 1.165) is 29.5 Å². The minimum Gasteiger partial charge on any atom is -0.383 e. The van der Waals surface area contributed by atoms with Crippen LogP contribution in [0.4, 0.5) is 11.4 Å². The number of benzene rings is 2. The maximum absolute atomic E-state index is 6.05. The van der Waals surface area contributed by atoms with Gasteiger partial charge in [-0.25, -0.2) is 0 Å². The molecule has 2 N–H and O–H groups in total. The van der Waals surface area contributed by atoms with Gasteiger partial charge in [0.1, 0.15) is 0 Å². The second kappa shape index (κ2) is 6.90. The Morgan fingerprint density at radius 3 is 2.11 bits per heavy atom. The van der Waals surface area contributed by atoms with E-state index in [1.54, 1.807) is 12.1 Å². The summed E-state index contributed by atoms with van der Waals surface area (Å²) in [5, 5.41) is 8.57. The molecular formula is C14H13Cl3N2. The lowest BCUT2D eigenvalue weighted by Crippen LogP contribution is -2.13. The monoisotopic (exact) mass is 314 g/mol. The summed E-state index contributed by atoms with van der Waals surface area (Å²) in [6.45, 7) is 1.51. The molecule has 0 radical (unpaired) electrons. The Balaban J connectivity index is 1.80. The van der Waals surface area contributed by atoms with Crippen LogP contribution in [-0.4, -0.2) is 13.1 Å². The topological polar surface area (TPSA) is 24.1 Å². The molecule has 0 atom stereocenters. The molecule has 0 heterocycles. The Morgan fingerprint density at radius 1 is 0.737 bits per heavy atom. The van der Waals surface area contributed by atoms with Gasteiger partial charge in [0, 0.05) is 28.8 Å². The van der Waals surface area contributed by atoms with Crippen LogP contribution in [0, 0.1) is 0 Å². The average Bonchev–Trinajstić information content (AvgIpc) is 2.40. The summed E-state index contributed by atoms with van der Waals surface area (Å²) < 4.78 is 0. The number of halogens is 3. The lowest BCUT2D eigenvalue weighted by Gasteiger charge is -2.10. The summed E-state index contributed by atoms with van der Waals surface area (Å²) in [7, 11) is 0. The fourth-order valence-electron chi connectivity index (χ4n) is 1.60. The third-order valence-corrected chi connectivity index (χ3v) is 3.36. The Bertz CT molecular complexity index is 541. The maximum atomic E-state index is 6.05. The second-order valence-corrected chi connectivity index (χ2v) is 5.26. The zero-order chi connectivity index (χ0) is 13.7. The fraction of sp³-hybridized carbons (Fsp3) is 0.143. The van der Waals surface area contributed by atoms with Gasteiger partial charge in [-0.1, -0.05) is 34.8 Å². The highest BCUT2D eigenvalue weighted by atomic mass is 35.5. The molecule has 2 aromatic rings. The molecule has 100 valence electrons. The minimum atomic E-state index is 0.663. The lowest BCUT2D eigenvalue weighted by atomic mass is 10.3. The van der Waals surface area contributed by atoms with E-state index in [0.29, 0.717) is 10.0 Å². The maximum Gasteiger partial charge on any atom is 0.0638 e. The standard InChI is InChI=1S/C14H13Cl3N2/c15-10-1-4-12(5-2-10)18-7-8-19-14-9-11(16)3-6-13(14)17/h1-6,9,18-19H,7-8H2. The van der Waals surface area contributed by atoms with Crippen molar-refractivity contribution in [1.82, 2.24) is 0 Å². The molecule has 0 aliphatic heterocycles. The van der Waals surface area contributed by atoms with Crippen molar-refractivity contribution in [2.24, 2.45) is 0 Å². The SMILES string of the molecule is Clc1ccc(NCCNc2cc(Cl)ccc2Cl)cc1. The van der Waals surface area contributed by atoms with Crippen LogP contribution in [0.25, 0.3) is 0 Å². The summed E-state index contributed by atoms with van der Waals surface area (Å²) >= 11 is 17.8. The van der Waals surface area contributed by atoms with Crippen molar-refractivity contribution in [1.29, 1.82) is 0 Å². The molecule has 0 spiro atoms. The highest BCUT2D eigenvalue weighted by molar-refractivity contribution is 6.35. The largest absolute Gasteiger partial charge is 0.383 e. The number of hydrogen-bond donors (Lipinski definition) is 2. The summed E-state index contributed by atoms with van der Waals surface area (Å²) in [5.74, 6) is 0. The number of hydrogen-bond acceptors (Lipinski definition) is 2. The predicted molar refractivity (Wildman–Crippen MR) is 84.9 cm³/mol. The van der Waals surface area contributed by atoms with Crippen LogP contribution in [0.1, 0.15) is 0 Å². The van der Waals surface area contributed by atoms with Crippen molar-refractivity contribution in [3.8, 4) is 0 Å². The summed E-state index contributed by atoms with van der Waals surface area (Å²) in [6, 6.07) is 12.9. The van der Waals surface area contributed by atoms with Gasteiger partial charge >= 0.3 is 0 Å². The van der Waals surface area contributed by atoms with Crippen LogP contribution in [0.5, 0.6) is 0 Å². The highest BCUT2D eigenvalue weighted by Gasteiger charge is 2.00. The van der Waals surface area contributed by atoms with Gasteiger partial charge in [0.2, 0.25) is 0 Å². The number of anilines is 2. The molecule has 19 heavy (non-hydrogen) atoms. The van der Waals surface area contributed by atoms with Crippen LogP contribution < -0.4 is 10.6 Å². The third-order valence-electron chi connectivity index (χ3n) is 2.54. The zero-order valence-electron chi connectivity index (χ0n) is 10.1. The van der Waals surface area contributed by atoms with Crippen molar-refractivity contribution in [3.05, 3.63) is 57.5 Å². The highest BCUT2D eigenvalue weighted by Crippen LogP contribution is 2.25. The lowest BCUT2D eigenvalue weighted by molar-refractivity contribution is 1.08. The van der Waals surface area contributed by atoms with Gasteiger partial charge in [-0.15, -0.1) is 0 Å². The molecule has 0 bridgehead atoms.